The quantitative estimate of drug-likeness (QED) is 0.890. The van der Waals surface area contributed by atoms with Gasteiger partial charge in [0.15, 0.2) is 0 Å². The number of fused-ring (bicyclic) bond motifs is 2. The molecule has 2 aliphatic carbocycles. The molecule has 0 amide bonds. The Labute approximate surface area is 108 Å². The molecule has 2 bridgehead atoms. The summed E-state index contributed by atoms with van der Waals surface area (Å²) < 4.78 is 0. The molecule has 2 aliphatic rings. The molecule has 3 rings (SSSR count). The molecule has 2 N–H and O–H groups in total. The first kappa shape index (κ1) is 11.7. The van der Waals surface area contributed by atoms with Gasteiger partial charge in [-0.3, -0.25) is 0 Å². The van der Waals surface area contributed by atoms with Gasteiger partial charge in [-0.1, -0.05) is 0 Å². The van der Waals surface area contributed by atoms with Crippen LogP contribution in [0.5, 0.6) is 0 Å². The van der Waals surface area contributed by atoms with Crippen molar-refractivity contribution in [3.8, 4) is 0 Å². The summed E-state index contributed by atoms with van der Waals surface area (Å²) in [6.07, 6.45) is 4.21. The molecule has 1 aromatic rings. The van der Waals surface area contributed by atoms with E-state index in [-0.39, 0.29) is 0 Å². The van der Waals surface area contributed by atoms with E-state index in [1.807, 2.05) is 0 Å². The third-order valence-electron chi connectivity index (χ3n) is 4.71. The van der Waals surface area contributed by atoms with Crippen molar-refractivity contribution in [1.29, 1.82) is 0 Å². The number of rotatable bonds is 4. The lowest BCUT2D eigenvalue weighted by Crippen LogP contribution is -2.41. The Morgan fingerprint density at radius 3 is 2.88 bits per heavy atom. The fourth-order valence-corrected chi connectivity index (χ4v) is 4.50. The molecule has 0 aromatic carbocycles. The van der Waals surface area contributed by atoms with Crippen molar-refractivity contribution in [2.24, 2.45) is 23.5 Å². The van der Waals surface area contributed by atoms with E-state index in [0.29, 0.717) is 6.04 Å². The first-order valence-electron chi connectivity index (χ1n) is 6.69. The van der Waals surface area contributed by atoms with Crippen LogP contribution in [0.4, 0.5) is 0 Å². The predicted molar refractivity (Wildman–Crippen MR) is 72.9 cm³/mol. The van der Waals surface area contributed by atoms with E-state index in [4.69, 9.17) is 5.73 Å². The molecular formula is C14H22N2S. The lowest BCUT2D eigenvalue weighted by atomic mass is 9.84. The van der Waals surface area contributed by atoms with Gasteiger partial charge in [-0.15, -0.1) is 0 Å². The Morgan fingerprint density at radius 2 is 2.24 bits per heavy atom. The fourth-order valence-electron chi connectivity index (χ4n) is 3.84. The van der Waals surface area contributed by atoms with Gasteiger partial charge in [-0.05, 0) is 66.5 Å². The van der Waals surface area contributed by atoms with Crippen LogP contribution < -0.4 is 5.73 Å². The summed E-state index contributed by atoms with van der Waals surface area (Å²) in [6, 6.07) is 2.70. The van der Waals surface area contributed by atoms with Crippen molar-refractivity contribution in [3.63, 3.8) is 0 Å². The van der Waals surface area contributed by atoms with Crippen molar-refractivity contribution < 1.29 is 0 Å². The van der Waals surface area contributed by atoms with E-state index >= 15 is 0 Å². The van der Waals surface area contributed by atoms with E-state index in [2.05, 4.69) is 28.8 Å². The zero-order valence-corrected chi connectivity index (χ0v) is 11.3. The summed E-state index contributed by atoms with van der Waals surface area (Å²) in [5, 5.41) is 4.41. The molecule has 0 spiro atoms. The minimum atomic E-state index is 0.471. The van der Waals surface area contributed by atoms with Crippen LogP contribution in [0.15, 0.2) is 16.8 Å². The average molecular weight is 250 g/mol. The van der Waals surface area contributed by atoms with Crippen molar-refractivity contribution in [2.75, 3.05) is 13.6 Å². The predicted octanol–water partition coefficient (Wildman–Crippen LogP) is 2.55. The highest BCUT2D eigenvalue weighted by molar-refractivity contribution is 7.07. The molecular weight excluding hydrogens is 228 g/mol. The smallest absolute Gasteiger partial charge is 0.0239 e. The van der Waals surface area contributed by atoms with Gasteiger partial charge in [0.25, 0.3) is 0 Å². The van der Waals surface area contributed by atoms with E-state index < -0.39 is 0 Å². The molecule has 17 heavy (non-hydrogen) atoms. The van der Waals surface area contributed by atoms with Gasteiger partial charge in [-0.25, -0.2) is 0 Å². The second kappa shape index (κ2) is 4.71. The molecule has 2 fully saturated rings. The highest BCUT2D eigenvalue weighted by Gasteiger charge is 2.45. The Balaban J connectivity index is 1.56. The van der Waals surface area contributed by atoms with Crippen LogP contribution in [-0.4, -0.2) is 24.5 Å². The van der Waals surface area contributed by atoms with Gasteiger partial charge in [0, 0.05) is 19.1 Å². The first-order valence-corrected chi connectivity index (χ1v) is 7.63. The minimum absolute atomic E-state index is 0.471. The van der Waals surface area contributed by atoms with Crippen LogP contribution >= 0.6 is 11.3 Å². The van der Waals surface area contributed by atoms with Gasteiger partial charge in [-0.2, -0.15) is 11.3 Å². The summed E-state index contributed by atoms with van der Waals surface area (Å²) in [7, 11) is 2.23. The van der Waals surface area contributed by atoms with Crippen LogP contribution in [0, 0.1) is 17.8 Å². The summed E-state index contributed by atoms with van der Waals surface area (Å²) in [6.45, 7) is 2.25. The maximum Gasteiger partial charge on any atom is 0.0239 e. The Bertz CT molecular complexity index is 360. The second-order valence-electron chi connectivity index (χ2n) is 5.90. The lowest BCUT2D eigenvalue weighted by molar-refractivity contribution is 0.194. The number of nitrogens with zero attached hydrogens (tertiary/aromatic N) is 1. The van der Waals surface area contributed by atoms with Gasteiger partial charge in [0.1, 0.15) is 0 Å². The number of thiophene rings is 1. The van der Waals surface area contributed by atoms with Gasteiger partial charge in [0.2, 0.25) is 0 Å². The maximum atomic E-state index is 6.36. The van der Waals surface area contributed by atoms with Gasteiger partial charge in [0.05, 0.1) is 0 Å². The number of hydrogen-bond donors (Lipinski definition) is 1. The standard InChI is InChI=1S/C14H22N2S/c1-16(7-10-4-5-17-9-10)8-13-11-2-3-12(6-11)14(13)15/h4-5,9,11-14H,2-3,6-8,15H2,1H3. The Kier molecular flexibility index (Phi) is 3.24. The zero-order valence-electron chi connectivity index (χ0n) is 10.5. The van der Waals surface area contributed by atoms with Crippen LogP contribution in [0.25, 0.3) is 0 Å². The Morgan fingerprint density at radius 1 is 1.41 bits per heavy atom. The Hall–Kier alpha value is -0.380. The maximum absolute atomic E-state index is 6.36. The highest BCUT2D eigenvalue weighted by Crippen LogP contribution is 2.47. The van der Waals surface area contributed by atoms with E-state index in [9.17, 15) is 0 Å². The molecule has 3 heteroatoms. The summed E-state index contributed by atoms with van der Waals surface area (Å²) in [5.41, 5.74) is 7.80. The second-order valence-corrected chi connectivity index (χ2v) is 6.68. The topological polar surface area (TPSA) is 29.3 Å². The SMILES string of the molecule is CN(Cc1ccsc1)CC1C2CCC(C2)C1N. The first-order chi connectivity index (χ1) is 8.24. The normalized spacial score (nSPS) is 35.9. The van der Waals surface area contributed by atoms with Gasteiger partial charge >= 0.3 is 0 Å². The largest absolute Gasteiger partial charge is 0.327 e. The zero-order chi connectivity index (χ0) is 11.8. The lowest BCUT2D eigenvalue weighted by Gasteiger charge is -2.31. The van der Waals surface area contributed by atoms with E-state index in [1.54, 1.807) is 11.3 Å². The number of nitrogens with two attached hydrogens (primary N) is 1. The van der Waals surface area contributed by atoms with Gasteiger partial charge < -0.3 is 10.6 Å². The van der Waals surface area contributed by atoms with E-state index in [0.717, 1.165) is 24.3 Å². The summed E-state index contributed by atoms with van der Waals surface area (Å²) in [5.74, 6) is 2.50. The van der Waals surface area contributed by atoms with Crippen LogP contribution in [0.3, 0.4) is 0 Å². The summed E-state index contributed by atoms with van der Waals surface area (Å²) in [4.78, 5) is 2.45. The highest BCUT2D eigenvalue weighted by atomic mass is 32.1. The van der Waals surface area contributed by atoms with E-state index in [1.165, 1.54) is 31.4 Å². The molecule has 1 heterocycles. The minimum Gasteiger partial charge on any atom is -0.327 e. The van der Waals surface area contributed by atoms with Crippen molar-refractivity contribution >= 4 is 11.3 Å². The van der Waals surface area contributed by atoms with Crippen molar-refractivity contribution in [2.45, 2.75) is 31.8 Å². The molecule has 2 nitrogen and oxygen atoms in total. The number of hydrogen-bond acceptors (Lipinski definition) is 3. The molecule has 1 aromatic heterocycles. The third-order valence-corrected chi connectivity index (χ3v) is 5.45. The third kappa shape index (κ3) is 2.28. The van der Waals surface area contributed by atoms with Crippen LogP contribution in [0.2, 0.25) is 0 Å². The fraction of sp³-hybridized carbons (Fsp3) is 0.714. The average Bonchev–Trinajstić information content (AvgIpc) is 2.98. The van der Waals surface area contributed by atoms with Crippen molar-refractivity contribution in [3.05, 3.63) is 22.4 Å². The van der Waals surface area contributed by atoms with Crippen LogP contribution in [0.1, 0.15) is 24.8 Å². The molecule has 94 valence electrons. The molecule has 4 unspecified atom stereocenters. The van der Waals surface area contributed by atoms with Crippen LogP contribution in [-0.2, 0) is 6.54 Å². The molecule has 0 saturated heterocycles. The van der Waals surface area contributed by atoms with Crippen molar-refractivity contribution in [1.82, 2.24) is 4.90 Å². The summed E-state index contributed by atoms with van der Waals surface area (Å²) >= 11 is 1.79. The monoisotopic (exact) mass is 250 g/mol. The molecule has 0 aliphatic heterocycles. The molecule has 2 saturated carbocycles. The molecule has 4 atom stereocenters. The molecule has 0 radical (unpaired) electrons.